The summed E-state index contributed by atoms with van der Waals surface area (Å²) in [5.41, 5.74) is 4.47. The lowest BCUT2D eigenvalue weighted by molar-refractivity contribution is 0.600. The number of rotatable bonds is 6. The maximum atomic E-state index is 12.8. The van der Waals surface area contributed by atoms with Gasteiger partial charge in [0.2, 0.25) is 0 Å². The zero-order chi connectivity index (χ0) is 19.4. The molecule has 6 heteroatoms. The number of anilines is 2. The fourth-order valence-corrected chi connectivity index (χ4v) is 4.60. The average Bonchev–Trinajstić information content (AvgIpc) is 2.60. The van der Waals surface area contributed by atoms with Crippen LogP contribution in [0.4, 0.5) is 11.5 Å². The number of nitrogens with one attached hydrogen (secondary N) is 2. The lowest BCUT2D eigenvalue weighted by Crippen LogP contribution is -2.16. The number of sulfonamides is 1. The third-order valence-electron chi connectivity index (χ3n) is 4.22. The molecule has 0 aliphatic heterocycles. The summed E-state index contributed by atoms with van der Waals surface area (Å²) in [4.78, 5) is 4.53. The van der Waals surface area contributed by atoms with Gasteiger partial charge in [-0.1, -0.05) is 48.0 Å². The van der Waals surface area contributed by atoms with Gasteiger partial charge in [0.05, 0.1) is 16.8 Å². The molecule has 0 unspecified atom stereocenters. The summed E-state index contributed by atoms with van der Waals surface area (Å²) < 4.78 is 28.1. The second-order valence-corrected chi connectivity index (χ2v) is 8.22. The summed E-state index contributed by atoms with van der Waals surface area (Å²) in [7, 11) is -3.69. The van der Waals surface area contributed by atoms with Gasteiger partial charge in [-0.2, -0.15) is 0 Å². The van der Waals surface area contributed by atoms with Crippen molar-refractivity contribution in [3.63, 3.8) is 0 Å². The van der Waals surface area contributed by atoms with E-state index in [-0.39, 0.29) is 0 Å². The molecule has 0 saturated carbocycles. The number of hydrogen-bond acceptors (Lipinski definition) is 4. The van der Waals surface area contributed by atoms with Crippen LogP contribution in [-0.2, 0) is 16.6 Å². The van der Waals surface area contributed by atoms with Gasteiger partial charge in [-0.25, -0.2) is 13.4 Å². The first-order valence-electron chi connectivity index (χ1n) is 8.70. The van der Waals surface area contributed by atoms with Gasteiger partial charge in [-0.05, 0) is 49.6 Å². The Morgan fingerprint density at radius 1 is 0.926 bits per heavy atom. The Kier molecular flexibility index (Phi) is 5.46. The van der Waals surface area contributed by atoms with Crippen LogP contribution in [0.1, 0.15) is 22.3 Å². The lowest BCUT2D eigenvalue weighted by atomic mass is 10.1. The highest BCUT2D eigenvalue weighted by molar-refractivity contribution is 7.92. The van der Waals surface area contributed by atoms with Gasteiger partial charge in [0, 0.05) is 6.54 Å². The Hall–Kier alpha value is -2.86. The average molecular weight is 382 g/mol. The van der Waals surface area contributed by atoms with Crippen LogP contribution in [-0.4, -0.2) is 13.4 Å². The van der Waals surface area contributed by atoms with Crippen molar-refractivity contribution in [1.82, 2.24) is 4.98 Å². The number of hydrogen-bond donors (Lipinski definition) is 2. The highest BCUT2D eigenvalue weighted by atomic mass is 32.2. The van der Waals surface area contributed by atoms with Crippen LogP contribution >= 0.6 is 0 Å². The monoisotopic (exact) mass is 381 g/mol. The Morgan fingerprint density at radius 3 is 2.19 bits per heavy atom. The van der Waals surface area contributed by atoms with Crippen molar-refractivity contribution >= 4 is 21.5 Å². The first-order chi connectivity index (χ1) is 12.8. The Labute approximate surface area is 160 Å². The van der Waals surface area contributed by atoms with Gasteiger partial charge in [0.15, 0.2) is 0 Å². The molecule has 0 fully saturated rings. The van der Waals surface area contributed by atoms with E-state index in [0.717, 1.165) is 27.9 Å². The van der Waals surface area contributed by atoms with Gasteiger partial charge >= 0.3 is 0 Å². The first kappa shape index (κ1) is 18.9. The van der Waals surface area contributed by atoms with Gasteiger partial charge in [0.25, 0.3) is 10.0 Å². The fourth-order valence-electron chi connectivity index (χ4n) is 3.14. The van der Waals surface area contributed by atoms with E-state index in [1.807, 2.05) is 55.5 Å². The molecular formula is C21H23N3O2S. The first-order valence-corrected chi connectivity index (χ1v) is 10.2. The van der Waals surface area contributed by atoms with Gasteiger partial charge < -0.3 is 5.32 Å². The topological polar surface area (TPSA) is 71.1 Å². The van der Waals surface area contributed by atoms with Crippen molar-refractivity contribution in [2.45, 2.75) is 32.2 Å². The summed E-state index contributed by atoms with van der Waals surface area (Å²) in [6.45, 7) is 6.24. The van der Waals surface area contributed by atoms with Crippen molar-refractivity contribution in [3.8, 4) is 0 Å². The van der Waals surface area contributed by atoms with Crippen molar-refractivity contribution in [2.24, 2.45) is 0 Å². The SMILES string of the molecule is Cc1cc(C)c(S(=O)(=O)Nc2ccc(NCc3ccccc3)cn2)c(C)c1. The van der Waals surface area contributed by atoms with Crippen LogP contribution in [0.3, 0.4) is 0 Å². The smallest absolute Gasteiger partial charge is 0.263 e. The van der Waals surface area contributed by atoms with Crippen LogP contribution in [0.5, 0.6) is 0 Å². The van der Waals surface area contributed by atoms with Crippen molar-refractivity contribution < 1.29 is 8.42 Å². The Morgan fingerprint density at radius 2 is 1.59 bits per heavy atom. The summed E-state index contributed by atoms with van der Waals surface area (Å²) in [6, 6.07) is 17.2. The normalized spacial score (nSPS) is 11.2. The second kappa shape index (κ2) is 7.80. The lowest BCUT2D eigenvalue weighted by Gasteiger charge is -2.14. The molecule has 3 aromatic rings. The Balaban J connectivity index is 1.72. The number of pyridine rings is 1. The minimum absolute atomic E-state index is 0.291. The molecule has 0 aliphatic carbocycles. The zero-order valence-corrected chi connectivity index (χ0v) is 16.5. The fraction of sp³-hybridized carbons (Fsp3) is 0.190. The minimum Gasteiger partial charge on any atom is -0.380 e. The maximum Gasteiger partial charge on any atom is 0.263 e. The molecule has 0 saturated heterocycles. The molecule has 27 heavy (non-hydrogen) atoms. The molecule has 0 aliphatic rings. The van der Waals surface area contributed by atoms with E-state index < -0.39 is 10.0 Å². The molecule has 0 atom stereocenters. The zero-order valence-electron chi connectivity index (χ0n) is 15.7. The van der Waals surface area contributed by atoms with Crippen LogP contribution < -0.4 is 10.0 Å². The quantitative estimate of drug-likeness (QED) is 0.663. The van der Waals surface area contributed by atoms with Crippen LogP contribution in [0.2, 0.25) is 0 Å². The molecule has 0 amide bonds. The largest absolute Gasteiger partial charge is 0.380 e. The van der Waals surface area contributed by atoms with E-state index in [1.165, 1.54) is 0 Å². The number of benzene rings is 2. The molecule has 0 bridgehead atoms. The minimum atomic E-state index is -3.69. The van der Waals surface area contributed by atoms with E-state index in [4.69, 9.17) is 0 Å². The van der Waals surface area contributed by atoms with Crippen molar-refractivity contribution in [2.75, 3.05) is 10.0 Å². The van der Waals surface area contributed by atoms with Crippen LogP contribution in [0, 0.1) is 20.8 Å². The number of nitrogens with zero attached hydrogens (tertiary/aromatic N) is 1. The third-order valence-corrected chi connectivity index (χ3v) is 5.87. The molecule has 3 rings (SSSR count). The summed E-state index contributed by atoms with van der Waals surface area (Å²) >= 11 is 0. The van der Waals surface area contributed by atoms with Crippen LogP contribution in [0.25, 0.3) is 0 Å². The van der Waals surface area contributed by atoms with E-state index in [9.17, 15) is 8.42 Å². The molecule has 1 aromatic heterocycles. The highest BCUT2D eigenvalue weighted by Gasteiger charge is 2.20. The molecule has 0 radical (unpaired) electrons. The Bertz CT molecular complexity index is 1010. The molecule has 5 nitrogen and oxygen atoms in total. The van der Waals surface area contributed by atoms with Crippen LogP contribution in [0.15, 0.2) is 65.7 Å². The standard InChI is InChI=1S/C21H23N3O2S/c1-15-11-16(2)21(17(3)12-15)27(25,26)24-20-10-9-19(14-23-20)22-13-18-7-5-4-6-8-18/h4-12,14,22H,13H2,1-3H3,(H,23,24). The molecule has 2 N–H and O–H groups in total. The predicted octanol–water partition coefficient (Wildman–Crippen LogP) is 4.42. The van der Waals surface area contributed by atoms with E-state index in [1.54, 1.807) is 26.1 Å². The van der Waals surface area contributed by atoms with E-state index >= 15 is 0 Å². The summed E-state index contributed by atoms with van der Waals surface area (Å²) in [5, 5.41) is 3.27. The predicted molar refractivity (Wildman–Crippen MR) is 109 cm³/mol. The van der Waals surface area contributed by atoms with E-state index in [2.05, 4.69) is 15.0 Å². The summed E-state index contributed by atoms with van der Waals surface area (Å²) in [6.07, 6.45) is 1.62. The molecule has 1 heterocycles. The van der Waals surface area contributed by atoms with Gasteiger partial charge in [0.1, 0.15) is 5.82 Å². The summed E-state index contributed by atoms with van der Waals surface area (Å²) in [5.74, 6) is 0.291. The van der Waals surface area contributed by atoms with Gasteiger partial charge in [-0.15, -0.1) is 0 Å². The van der Waals surface area contributed by atoms with Crippen molar-refractivity contribution in [3.05, 3.63) is 83.0 Å². The van der Waals surface area contributed by atoms with Gasteiger partial charge in [-0.3, -0.25) is 4.72 Å². The molecular weight excluding hydrogens is 358 g/mol. The highest BCUT2D eigenvalue weighted by Crippen LogP contribution is 2.24. The number of aryl methyl sites for hydroxylation is 3. The molecule has 140 valence electrons. The maximum absolute atomic E-state index is 12.8. The molecule has 2 aromatic carbocycles. The second-order valence-electron chi connectivity index (χ2n) is 6.60. The van der Waals surface area contributed by atoms with E-state index in [0.29, 0.717) is 17.3 Å². The number of aromatic nitrogens is 1. The third kappa shape index (κ3) is 4.65. The van der Waals surface area contributed by atoms with Crippen molar-refractivity contribution in [1.29, 1.82) is 0 Å². The molecule has 0 spiro atoms.